The molecule has 0 radical (unpaired) electrons. The molecule has 1 amide bonds. The lowest BCUT2D eigenvalue weighted by Gasteiger charge is -2.46. The second-order valence-corrected chi connectivity index (χ2v) is 8.03. The molecule has 28 heavy (non-hydrogen) atoms. The van der Waals surface area contributed by atoms with Crippen molar-refractivity contribution in [3.05, 3.63) is 41.6 Å². The molecule has 2 aliphatic heterocycles. The number of likely N-dealkylation sites (tertiary alicyclic amines) is 1. The van der Waals surface area contributed by atoms with Crippen LogP contribution >= 0.6 is 0 Å². The Morgan fingerprint density at radius 3 is 2.54 bits per heavy atom. The third-order valence-corrected chi connectivity index (χ3v) is 6.11. The molecule has 148 valence electrons. The predicted molar refractivity (Wildman–Crippen MR) is 111 cm³/mol. The fourth-order valence-electron chi connectivity index (χ4n) is 4.50. The van der Waals surface area contributed by atoms with Gasteiger partial charge in [-0.25, -0.2) is 4.98 Å². The minimum Gasteiger partial charge on any atom is -0.398 e. The number of anilines is 3. The van der Waals surface area contributed by atoms with Crippen molar-refractivity contribution in [3.63, 3.8) is 0 Å². The summed E-state index contributed by atoms with van der Waals surface area (Å²) >= 11 is 0. The number of hydrogen-bond acceptors (Lipinski definition) is 6. The number of benzene rings is 1. The molecule has 7 heteroatoms. The molecule has 0 saturated carbocycles. The second-order valence-electron chi connectivity index (χ2n) is 8.03. The van der Waals surface area contributed by atoms with Crippen LogP contribution in [0.15, 0.2) is 30.3 Å². The third kappa shape index (κ3) is 3.48. The number of nitrogens with zero attached hydrogens (tertiary/aromatic N) is 4. The van der Waals surface area contributed by atoms with Crippen molar-refractivity contribution in [1.29, 1.82) is 0 Å². The molecular weight excluding hydrogens is 352 g/mol. The number of para-hydroxylation sites is 1. The Kier molecular flexibility index (Phi) is 4.83. The Morgan fingerprint density at radius 1 is 1.07 bits per heavy atom. The maximum Gasteiger partial charge on any atom is 0.229 e. The van der Waals surface area contributed by atoms with E-state index >= 15 is 0 Å². The Balaban J connectivity index is 1.46. The van der Waals surface area contributed by atoms with Crippen molar-refractivity contribution < 1.29 is 4.79 Å². The van der Waals surface area contributed by atoms with Gasteiger partial charge in [0.2, 0.25) is 11.9 Å². The smallest absolute Gasteiger partial charge is 0.229 e. The van der Waals surface area contributed by atoms with E-state index in [1.54, 1.807) is 6.07 Å². The molecule has 2 aromatic rings. The van der Waals surface area contributed by atoms with Crippen molar-refractivity contribution in [2.75, 3.05) is 36.0 Å². The Morgan fingerprint density at radius 2 is 1.82 bits per heavy atom. The van der Waals surface area contributed by atoms with Crippen molar-refractivity contribution in [1.82, 2.24) is 14.9 Å². The third-order valence-electron chi connectivity index (χ3n) is 6.11. The van der Waals surface area contributed by atoms with Crippen LogP contribution in [0.3, 0.4) is 0 Å². The lowest BCUT2D eigenvalue weighted by molar-refractivity contribution is -0.148. The number of rotatable bonds is 3. The quantitative estimate of drug-likeness (QED) is 0.793. The van der Waals surface area contributed by atoms with Gasteiger partial charge in [0.25, 0.3) is 0 Å². The molecule has 2 fully saturated rings. The molecule has 0 bridgehead atoms. The summed E-state index contributed by atoms with van der Waals surface area (Å²) in [5.41, 5.74) is 14.3. The van der Waals surface area contributed by atoms with Crippen LogP contribution in [0.5, 0.6) is 0 Å². The Labute approximate surface area is 165 Å². The van der Waals surface area contributed by atoms with E-state index in [9.17, 15) is 4.79 Å². The zero-order valence-electron chi connectivity index (χ0n) is 16.4. The Bertz CT molecular complexity index is 855. The van der Waals surface area contributed by atoms with E-state index in [0.29, 0.717) is 18.3 Å². The van der Waals surface area contributed by atoms with E-state index in [1.807, 2.05) is 36.1 Å². The first-order chi connectivity index (χ1) is 13.5. The van der Waals surface area contributed by atoms with Crippen LogP contribution in [-0.2, 0) is 11.3 Å². The first kappa shape index (κ1) is 18.5. The first-order valence-electron chi connectivity index (χ1n) is 9.96. The lowest BCUT2D eigenvalue weighted by Crippen LogP contribution is -2.53. The van der Waals surface area contributed by atoms with Gasteiger partial charge in [-0.15, -0.1) is 0 Å². The lowest BCUT2D eigenvalue weighted by atomic mass is 9.71. The van der Waals surface area contributed by atoms with E-state index in [-0.39, 0.29) is 11.3 Å². The number of carbonyl (C=O) groups excluding carboxylic acids is 1. The molecule has 0 unspecified atom stereocenters. The van der Waals surface area contributed by atoms with Crippen molar-refractivity contribution >= 4 is 23.4 Å². The summed E-state index contributed by atoms with van der Waals surface area (Å²) in [4.78, 5) is 26.4. The molecule has 7 nitrogen and oxygen atoms in total. The van der Waals surface area contributed by atoms with Gasteiger partial charge in [-0.2, -0.15) is 4.98 Å². The molecule has 1 aromatic carbocycles. The van der Waals surface area contributed by atoms with Gasteiger partial charge in [0.1, 0.15) is 5.82 Å². The minimum absolute atomic E-state index is 0.270. The standard InChI is InChI=1S/C21H28N6O/c1-15-13-18(23)25-20(24-15)26-11-8-21(9-12-26)7-4-10-27(19(21)28)14-16-5-2-3-6-17(16)22/h2-3,5-6,13H,4,7-12,14,22H2,1H3,(H2,23,24,25). The van der Waals surface area contributed by atoms with Crippen molar-refractivity contribution in [2.45, 2.75) is 39.2 Å². The van der Waals surface area contributed by atoms with Gasteiger partial charge >= 0.3 is 0 Å². The van der Waals surface area contributed by atoms with Crippen LogP contribution in [0, 0.1) is 12.3 Å². The van der Waals surface area contributed by atoms with Crippen LogP contribution in [-0.4, -0.2) is 40.4 Å². The van der Waals surface area contributed by atoms with E-state index in [0.717, 1.165) is 62.3 Å². The van der Waals surface area contributed by atoms with Crippen molar-refractivity contribution in [3.8, 4) is 0 Å². The van der Waals surface area contributed by atoms with Gasteiger partial charge in [0.15, 0.2) is 0 Å². The molecule has 2 saturated heterocycles. The summed E-state index contributed by atoms with van der Waals surface area (Å²) in [6, 6.07) is 9.57. The summed E-state index contributed by atoms with van der Waals surface area (Å²) in [6.07, 6.45) is 3.64. The molecule has 1 spiro atoms. The van der Waals surface area contributed by atoms with E-state index in [4.69, 9.17) is 11.5 Å². The highest BCUT2D eigenvalue weighted by Crippen LogP contribution is 2.42. The summed E-state index contributed by atoms with van der Waals surface area (Å²) < 4.78 is 0. The van der Waals surface area contributed by atoms with E-state index < -0.39 is 0 Å². The van der Waals surface area contributed by atoms with Gasteiger partial charge in [-0.1, -0.05) is 18.2 Å². The van der Waals surface area contributed by atoms with Crippen LogP contribution in [0.2, 0.25) is 0 Å². The molecule has 2 aliphatic rings. The first-order valence-corrected chi connectivity index (χ1v) is 9.96. The van der Waals surface area contributed by atoms with Gasteiger partial charge in [0.05, 0.1) is 5.41 Å². The average molecular weight is 380 g/mol. The topological polar surface area (TPSA) is 101 Å². The molecule has 3 heterocycles. The van der Waals surface area contributed by atoms with Gasteiger partial charge < -0.3 is 21.3 Å². The van der Waals surface area contributed by atoms with Crippen LogP contribution in [0.25, 0.3) is 0 Å². The Hall–Kier alpha value is -2.83. The molecule has 0 aliphatic carbocycles. The summed E-state index contributed by atoms with van der Waals surface area (Å²) in [5, 5.41) is 0. The SMILES string of the molecule is Cc1cc(N)nc(N2CCC3(CCCN(Cc4ccccc4N)C3=O)CC2)n1. The summed E-state index contributed by atoms with van der Waals surface area (Å²) in [7, 11) is 0. The van der Waals surface area contributed by atoms with Gasteiger partial charge in [0, 0.05) is 43.6 Å². The highest BCUT2D eigenvalue weighted by molar-refractivity contribution is 5.84. The monoisotopic (exact) mass is 380 g/mol. The number of hydrogen-bond donors (Lipinski definition) is 2. The number of carbonyl (C=O) groups is 1. The average Bonchev–Trinajstić information content (AvgIpc) is 2.67. The number of piperidine rings is 2. The van der Waals surface area contributed by atoms with Crippen LogP contribution in [0.1, 0.15) is 36.9 Å². The van der Waals surface area contributed by atoms with Gasteiger partial charge in [-0.05, 0) is 44.2 Å². The molecule has 4 rings (SSSR count). The maximum atomic E-state index is 13.4. The predicted octanol–water partition coefficient (Wildman–Crippen LogP) is 2.36. The molecule has 0 atom stereocenters. The summed E-state index contributed by atoms with van der Waals surface area (Å²) in [6.45, 7) is 4.86. The zero-order chi connectivity index (χ0) is 19.7. The molecular formula is C21H28N6O. The largest absolute Gasteiger partial charge is 0.398 e. The minimum atomic E-state index is -0.270. The number of amides is 1. The van der Waals surface area contributed by atoms with Crippen molar-refractivity contribution in [2.24, 2.45) is 5.41 Å². The van der Waals surface area contributed by atoms with Gasteiger partial charge in [-0.3, -0.25) is 4.79 Å². The fraction of sp³-hybridized carbons (Fsp3) is 0.476. The number of aromatic nitrogens is 2. The normalized spacial score (nSPS) is 19.2. The van der Waals surface area contributed by atoms with E-state index in [1.165, 1.54) is 0 Å². The van der Waals surface area contributed by atoms with Crippen LogP contribution in [0.4, 0.5) is 17.5 Å². The van der Waals surface area contributed by atoms with Crippen LogP contribution < -0.4 is 16.4 Å². The maximum absolute atomic E-state index is 13.4. The fourth-order valence-corrected chi connectivity index (χ4v) is 4.50. The molecule has 1 aromatic heterocycles. The zero-order valence-corrected chi connectivity index (χ0v) is 16.4. The summed E-state index contributed by atoms with van der Waals surface area (Å²) in [5.74, 6) is 1.43. The molecule has 4 N–H and O–H groups in total. The second kappa shape index (κ2) is 7.30. The highest BCUT2D eigenvalue weighted by Gasteiger charge is 2.46. The number of aryl methyl sites for hydroxylation is 1. The highest BCUT2D eigenvalue weighted by atomic mass is 16.2. The number of nitrogens with two attached hydrogens (primary N) is 2. The number of nitrogen functional groups attached to an aromatic ring is 2. The van der Waals surface area contributed by atoms with E-state index in [2.05, 4.69) is 14.9 Å².